The summed E-state index contributed by atoms with van der Waals surface area (Å²) in [5.74, 6) is -0.910. The van der Waals surface area contributed by atoms with Gasteiger partial charge >= 0.3 is 18.0 Å². The molecule has 11 nitrogen and oxygen atoms in total. The van der Waals surface area contributed by atoms with E-state index < -0.39 is 43.3 Å². The van der Waals surface area contributed by atoms with Gasteiger partial charge in [-0.2, -0.15) is 11.8 Å². The summed E-state index contributed by atoms with van der Waals surface area (Å²) in [7, 11) is -0.551. The number of carbonyl (C=O) groups excluding carboxylic acids is 3. The Morgan fingerprint density at radius 3 is 2.62 bits per heavy atom. The summed E-state index contributed by atoms with van der Waals surface area (Å²) in [6, 6.07) is 9.79. The van der Waals surface area contributed by atoms with Gasteiger partial charge in [0.15, 0.2) is 5.60 Å². The fourth-order valence-electron chi connectivity index (χ4n) is 6.15. The molecule has 2 atom stereocenters. The second kappa shape index (κ2) is 13.1. The van der Waals surface area contributed by atoms with Crippen LogP contribution in [-0.4, -0.2) is 70.6 Å². The van der Waals surface area contributed by atoms with E-state index in [0.29, 0.717) is 34.8 Å². The summed E-state index contributed by atoms with van der Waals surface area (Å²) in [6.07, 6.45) is 0.188. The average Bonchev–Trinajstić information content (AvgIpc) is 3.38. The molecule has 47 heavy (non-hydrogen) atoms. The molecule has 0 radical (unpaired) electrons. The number of alkyl carbamates (subject to hydrolysis) is 1. The number of hydrogen-bond donors (Lipinski definition) is 2. The van der Waals surface area contributed by atoms with E-state index in [-0.39, 0.29) is 18.6 Å². The van der Waals surface area contributed by atoms with Crippen molar-refractivity contribution < 1.29 is 33.7 Å². The van der Waals surface area contributed by atoms with Crippen LogP contribution in [0.25, 0.3) is 22.3 Å². The zero-order valence-electron chi connectivity index (χ0n) is 28.0. The fraction of sp³-hybridized carbons (Fsp3) is 0.500. The Labute approximate surface area is 279 Å². The summed E-state index contributed by atoms with van der Waals surface area (Å²) in [4.78, 5) is 56.1. The van der Waals surface area contributed by atoms with Crippen LogP contribution in [0.2, 0.25) is 19.1 Å². The molecule has 5 rings (SSSR count). The minimum atomic E-state index is -1.88. The lowest BCUT2D eigenvalue weighted by atomic mass is 9.86. The SMILES string of the molecule is CC[C@@]1(O)C(=O)OCc2c1cc1n(c2=O)Cc2c-1nc1ccccc1c2CC[Si](C)(C)CSC[C@@H](NC(=O)OC(C)(C)C)C(=O)OC. The molecular formula is C34H43N3O8SSi. The third kappa shape index (κ3) is 6.97. The van der Waals surface area contributed by atoms with Crippen molar-refractivity contribution in [3.05, 3.63) is 62.9 Å². The molecule has 2 N–H and O–H groups in total. The van der Waals surface area contributed by atoms with Gasteiger partial charge in [0.25, 0.3) is 5.56 Å². The van der Waals surface area contributed by atoms with Gasteiger partial charge in [0.05, 0.1) is 44.2 Å². The number of nitrogens with zero attached hydrogens (tertiary/aromatic N) is 2. The van der Waals surface area contributed by atoms with Crippen molar-refractivity contribution in [1.82, 2.24) is 14.9 Å². The quantitative estimate of drug-likeness (QED) is 0.138. The number of ether oxygens (including phenoxy) is 3. The number of esters is 2. The summed E-state index contributed by atoms with van der Waals surface area (Å²) >= 11 is 1.61. The zero-order valence-corrected chi connectivity index (χ0v) is 29.8. The lowest BCUT2D eigenvalue weighted by Gasteiger charge is -2.31. The molecule has 0 spiro atoms. The normalized spacial score (nSPS) is 17.7. The molecule has 0 saturated carbocycles. The van der Waals surface area contributed by atoms with Crippen molar-refractivity contribution in [2.24, 2.45) is 0 Å². The molecule has 4 heterocycles. The number of fused-ring (bicyclic) bond motifs is 5. The van der Waals surface area contributed by atoms with E-state index in [2.05, 4.69) is 24.5 Å². The van der Waals surface area contributed by atoms with E-state index in [1.165, 1.54) is 7.11 Å². The monoisotopic (exact) mass is 681 g/mol. The van der Waals surface area contributed by atoms with Crippen LogP contribution in [0.4, 0.5) is 4.79 Å². The highest BCUT2D eigenvalue weighted by Crippen LogP contribution is 2.41. The maximum absolute atomic E-state index is 13.8. The zero-order chi connectivity index (χ0) is 34.3. The lowest BCUT2D eigenvalue weighted by Crippen LogP contribution is -2.46. The molecule has 1 aromatic carbocycles. The first-order valence-electron chi connectivity index (χ1n) is 15.8. The molecule has 0 fully saturated rings. The third-order valence-corrected chi connectivity index (χ3v) is 14.8. The second-order valence-corrected chi connectivity index (χ2v) is 20.7. The van der Waals surface area contributed by atoms with Gasteiger partial charge in [-0.1, -0.05) is 44.3 Å². The molecular weight excluding hydrogens is 639 g/mol. The van der Waals surface area contributed by atoms with Crippen molar-refractivity contribution in [3.63, 3.8) is 0 Å². The van der Waals surface area contributed by atoms with Crippen molar-refractivity contribution >= 4 is 48.8 Å². The second-order valence-electron chi connectivity index (χ2n) is 13.9. The van der Waals surface area contributed by atoms with Crippen molar-refractivity contribution in [2.75, 3.05) is 18.2 Å². The van der Waals surface area contributed by atoms with Crippen LogP contribution in [-0.2, 0) is 49.0 Å². The molecule has 0 saturated heterocycles. The smallest absolute Gasteiger partial charge is 0.408 e. The maximum atomic E-state index is 13.8. The summed E-state index contributed by atoms with van der Waals surface area (Å²) in [5.41, 5.74) is 1.95. The number of thioether (sulfide) groups is 1. The molecule has 2 aliphatic rings. The predicted molar refractivity (Wildman–Crippen MR) is 183 cm³/mol. The number of benzene rings is 1. The number of para-hydroxylation sites is 1. The van der Waals surface area contributed by atoms with Gasteiger partial charge in [0.1, 0.15) is 18.2 Å². The van der Waals surface area contributed by atoms with Gasteiger partial charge in [-0.3, -0.25) is 4.79 Å². The van der Waals surface area contributed by atoms with Crippen LogP contribution < -0.4 is 10.9 Å². The molecule has 2 aromatic heterocycles. The summed E-state index contributed by atoms with van der Waals surface area (Å²) < 4.78 is 17.2. The van der Waals surface area contributed by atoms with Gasteiger partial charge in [-0.25, -0.2) is 19.4 Å². The number of cyclic esters (lactones) is 1. The molecule has 1 amide bonds. The Morgan fingerprint density at radius 2 is 1.94 bits per heavy atom. The highest BCUT2D eigenvalue weighted by Gasteiger charge is 2.45. The Kier molecular flexibility index (Phi) is 9.64. The molecule has 2 aliphatic heterocycles. The first-order chi connectivity index (χ1) is 22.1. The van der Waals surface area contributed by atoms with E-state index in [9.17, 15) is 24.3 Å². The van der Waals surface area contributed by atoms with Gasteiger partial charge in [-0.15, -0.1) is 0 Å². The topological polar surface area (TPSA) is 146 Å². The van der Waals surface area contributed by atoms with Crippen LogP contribution in [0.15, 0.2) is 35.1 Å². The molecule has 0 unspecified atom stereocenters. The largest absolute Gasteiger partial charge is 0.467 e. The van der Waals surface area contributed by atoms with E-state index in [4.69, 9.17) is 19.2 Å². The van der Waals surface area contributed by atoms with Crippen LogP contribution in [0.1, 0.15) is 56.4 Å². The molecule has 13 heteroatoms. The number of amides is 1. The maximum Gasteiger partial charge on any atom is 0.408 e. The van der Waals surface area contributed by atoms with Gasteiger partial charge in [-0.05, 0) is 56.7 Å². The first-order valence-corrected chi connectivity index (χ1v) is 20.4. The highest BCUT2D eigenvalue weighted by molar-refractivity contribution is 8.01. The van der Waals surface area contributed by atoms with E-state index in [1.807, 2.05) is 18.2 Å². The Bertz CT molecular complexity index is 1800. The van der Waals surface area contributed by atoms with Crippen molar-refractivity contribution in [3.8, 4) is 11.4 Å². The molecule has 0 aliphatic carbocycles. The van der Waals surface area contributed by atoms with Crippen LogP contribution >= 0.6 is 11.8 Å². The van der Waals surface area contributed by atoms with E-state index >= 15 is 0 Å². The first kappa shape index (κ1) is 34.6. The van der Waals surface area contributed by atoms with Crippen molar-refractivity contribution in [2.45, 2.75) is 90.1 Å². The molecule has 3 aromatic rings. The Morgan fingerprint density at radius 1 is 1.21 bits per heavy atom. The predicted octanol–water partition coefficient (Wildman–Crippen LogP) is 4.67. The summed E-state index contributed by atoms with van der Waals surface area (Å²) in [6.45, 7) is 11.7. The van der Waals surface area contributed by atoms with Crippen LogP contribution in [0.3, 0.4) is 0 Å². The highest BCUT2D eigenvalue weighted by atomic mass is 32.2. The minimum Gasteiger partial charge on any atom is -0.467 e. The number of aliphatic hydroxyl groups is 1. The van der Waals surface area contributed by atoms with Gasteiger partial charge in [0, 0.05) is 22.3 Å². The number of aromatic nitrogens is 2. The average molecular weight is 682 g/mol. The minimum absolute atomic E-state index is 0.0835. The van der Waals surface area contributed by atoms with E-state index in [1.54, 1.807) is 50.1 Å². The van der Waals surface area contributed by atoms with E-state index in [0.717, 1.165) is 39.9 Å². The number of nitrogens with one attached hydrogen (secondary N) is 1. The number of rotatable bonds is 10. The number of methoxy groups -OCH3 is 1. The summed E-state index contributed by atoms with van der Waals surface area (Å²) in [5, 5.41) is 15.8. The van der Waals surface area contributed by atoms with Gasteiger partial charge in [0.2, 0.25) is 0 Å². The lowest BCUT2D eigenvalue weighted by molar-refractivity contribution is -0.172. The number of aryl methyl sites for hydroxylation is 1. The van der Waals surface area contributed by atoms with Crippen LogP contribution in [0, 0.1) is 0 Å². The third-order valence-electron chi connectivity index (χ3n) is 8.72. The fourth-order valence-corrected chi connectivity index (χ4v) is 10.8. The van der Waals surface area contributed by atoms with Crippen molar-refractivity contribution in [1.29, 1.82) is 0 Å². The number of hydrogen-bond acceptors (Lipinski definition) is 10. The van der Waals surface area contributed by atoms with Gasteiger partial charge < -0.3 is 29.2 Å². The standard InChI is InChI=1S/C34H43N3O8SSi/c1-8-34(42)24-15-27-28-22(16-37(27)29(38)23(24)17-44-31(34)40)20(21-11-9-10-12-25(21)35-28)13-14-47(6,7)19-46-18-26(30(39)43-5)36-32(41)45-33(2,3)4/h9-12,15,26,42H,8,13-14,16-19H2,1-7H3,(H,36,41)/t26-,34+/m1/s1. The van der Waals surface area contributed by atoms with Crippen LogP contribution in [0.5, 0.6) is 0 Å². The molecule has 252 valence electrons. The molecule has 0 bridgehead atoms. The Hall–Kier alpha value is -3.68. The number of carbonyl (C=O) groups is 3. The Balaban J connectivity index is 1.38. The number of pyridine rings is 2.